The Morgan fingerprint density at radius 2 is 1.86 bits per heavy atom. The molecule has 6 aromatic rings. The van der Waals surface area contributed by atoms with E-state index >= 15 is 4.39 Å². The molecule has 6 rings (SSSR count). The summed E-state index contributed by atoms with van der Waals surface area (Å²) in [6.45, 7) is 3.56. The van der Waals surface area contributed by atoms with E-state index in [1.54, 1.807) is 37.1 Å². The van der Waals surface area contributed by atoms with Crippen molar-refractivity contribution >= 4 is 21.9 Å². The molecule has 5 aromatic heterocycles. The average molecular weight is 465 g/mol. The van der Waals surface area contributed by atoms with Gasteiger partial charge in [-0.25, -0.2) is 9.37 Å². The van der Waals surface area contributed by atoms with Crippen LogP contribution in [0.15, 0.2) is 67.4 Å². The first-order valence-corrected chi connectivity index (χ1v) is 11.3. The van der Waals surface area contributed by atoms with Crippen molar-refractivity contribution in [1.82, 2.24) is 40.4 Å². The van der Waals surface area contributed by atoms with Crippen LogP contribution in [0.2, 0.25) is 0 Å². The molecule has 172 valence electrons. The van der Waals surface area contributed by atoms with Gasteiger partial charge in [-0.15, -0.1) is 0 Å². The van der Waals surface area contributed by atoms with Gasteiger partial charge in [-0.3, -0.25) is 20.1 Å². The molecule has 0 saturated heterocycles. The molecule has 0 aliphatic rings. The molecule has 0 saturated carbocycles. The van der Waals surface area contributed by atoms with Crippen molar-refractivity contribution in [3.63, 3.8) is 0 Å². The lowest BCUT2D eigenvalue weighted by Gasteiger charge is -2.07. The van der Waals surface area contributed by atoms with Crippen LogP contribution in [0.3, 0.4) is 0 Å². The van der Waals surface area contributed by atoms with Gasteiger partial charge in [0.15, 0.2) is 5.82 Å². The molecule has 0 atom stereocenters. The first-order chi connectivity index (χ1) is 17.2. The van der Waals surface area contributed by atoms with Crippen LogP contribution in [-0.4, -0.2) is 41.7 Å². The normalized spacial score (nSPS) is 11.5. The molecular formula is C26H21FN8. The van der Waals surface area contributed by atoms with Crippen LogP contribution in [0.5, 0.6) is 0 Å². The number of hydrogen-bond acceptors (Lipinski definition) is 6. The highest BCUT2D eigenvalue weighted by Gasteiger charge is 2.18. The summed E-state index contributed by atoms with van der Waals surface area (Å²) >= 11 is 0. The second-order valence-corrected chi connectivity index (χ2v) is 8.19. The number of pyridine rings is 3. The zero-order chi connectivity index (χ0) is 23.8. The van der Waals surface area contributed by atoms with Crippen LogP contribution in [0, 0.1) is 5.82 Å². The monoisotopic (exact) mass is 464 g/mol. The highest BCUT2D eigenvalue weighted by Crippen LogP contribution is 2.33. The van der Waals surface area contributed by atoms with Gasteiger partial charge >= 0.3 is 0 Å². The molecule has 0 spiro atoms. The van der Waals surface area contributed by atoms with E-state index in [4.69, 9.17) is 4.98 Å². The lowest BCUT2D eigenvalue weighted by molar-refractivity contribution is 0.632. The van der Waals surface area contributed by atoms with Crippen LogP contribution in [0.25, 0.3) is 55.8 Å². The van der Waals surface area contributed by atoms with Gasteiger partial charge in [0.25, 0.3) is 0 Å². The maximum absolute atomic E-state index is 15.1. The average Bonchev–Trinajstić information content (AvgIpc) is 3.51. The van der Waals surface area contributed by atoms with Gasteiger partial charge in [0.1, 0.15) is 17.0 Å². The number of benzene rings is 1. The van der Waals surface area contributed by atoms with Crippen molar-refractivity contribution in [3.8, 4) is 33.9 Å². The summed E-state index contributed by atoms with van der Waals surface area (Å²) in [4.78, 5) is 21.2. The van der Waals surface area contributed by atoms with Gasteiger partial charge in [0.2, 0.25) is 0 Å². The highest BCUT2D eigenvalue weighted by atomic mass is 19.1. The zero-order valence-electron chi connectivity index (χ0n) is 18.9. The number of fused-ring (bicyclic) bond motifs is 2. The Bertz CT molecular complexity index is 1660. The summed E-state index contributed by atoms with van der Waals surface area (Å²) in [7, 11) is 0. The zero-order valence-corrected chi connectivity index (χ0v) is 18.9. The summed E-state index contributed by atoms with van der Waals surface area (Å²) in [5, 5.41) is 11.4. The Kier molecular flexibility index (Phi) is 5.23. The SMILES string of the molecule is CCNCc1cncc(-c2cc3c(-c4nc5c(-c6cccnc6)nccc5[nH]4)n[nH]c3cc2F)c1. The fourth-order valence-electron chi connectivity index (χ4n) is 4.20. The third-order valence-electron chi connectivity index (χ3n) is 5.90. The number of hydrogen-bond donors (Lipinski definition) is 3. The minimum Gasteiger partial charge on any atom is -0.336 e. The van der Waals surface area contributed by atoms with E-state index in [9.17, 15) is 0 Å². The fraction of sp³-hybridized carbons (Fsp3) is 0.115. The Labute approximate surface area is 199 Å². The molecule has 3 N–H and O–H groups in total. The number of H-pyrrole nitrogens is 2. The van der Waals surface area contributed by atoms with Crippen molar-refractivity contribution in [2.75, 3.05) is 6.54 Å². The highest BCUT2D eigenvalue weighted by molar-refractivity contribution is 5.97. The lowest BCUT2D eigenvalue weighted by Crippen LogP contribution is -2.11. The molecule has 0 aliphatic heterocycles. The second-order valence-electron chi connectivity index (χ2n) is 8.19. The molecule has 35 heavy (non-hydrogen) atoms. The smallest absolute Gasteiger partial charge is 0.159 e. The number of rotatable bonds is 6. The number of imidazole rings is 1. The lowest BCUT2D eigenvalue weighted by atomic mass is 10.0. The minimum absolute atomic E-state index is 0.345. The van der Waals surface area contributed by atoms with E-state index in [2.05, 4.69) is 35.5 Å². The van der Waals surface area contributed by atoms with E-state index in [0.717, 1.165) is 34.3 Å². The first-order valence-electron chi connectivity index (χ1n) is 11.3. The van der Waals surface area contributed by atoms with Crippen LogP contribution in [0.4, 0.5) is 4.39 Å². The van der Waals surface area contributed by atoms with E-state index in [-0.39, 0.29) is 5.82 Å². The van der Waals surface area contributed by atoms with E-state index in [0.29, 0.717) is 40.2 Å². The van der Waals surface area contributed by atoms with E-state index in [1.165, 1.54) is 6.07 Å². The topological polar surface area (TPSA) is 108 Å². The first kappa shape index (κ1) is 21.1. The maximum atomic E-state index is 15.1. The summed E-state index contributed by atoms with van der Waals surface area (Å²) in [6, 6.07) is 10.9. The van der Waals surface area contributed by atoms with Crippen LogP contribution in [-0.2, 0) is 6.54 Å². The molecule has 0 radical (unpaired) electrons. The number of aromatic nitrogens is 7. The summed E-state index contributed by atoms with van der Waals surface area (Å²) in [6.07, 6.45) is 8.67. The summed E-state index contributed by atoms with van der Waals surface area (Å²) in [5.41, 5.74) is 6.49. The summed E-state index contributed by atoms with van der Waals surface area (Å²) < 4.78 is 15.1. The van der Waals surface area contributed by atoms with Crippen LogP contribution in [0.1, 0.15) is 12.5 Å². The van der Waals surface area contributed by atoms with Crippen LogP contribution < -0.4 is 5.32 Å². The quantitative estimate of drug-likeness (QED) is 0.324. The molecule has 9 heteroatoms. The Balaban J connectivity index is 1.47. The number of nitrogens with one attached hydrogen (secondary N) is 3. The van der Waals surface area contributed by atoms with Crippen molar-refractivity contribution in [1.29, 1.82) is 0 Å². The fourth-order valence-corrected chi connectivity index (χ4v) is 4.20. The molecular weight excluding hydrogens is 443 g/mol. The van der Waals surface area contributed by atoms with Gasteiger partial charge in [-0.1, -0.05) is 6.92 Å². The van der Waals surface area contributed by atoms with Crippen molar-refractivity contribution in [2.45, 2.75) is 13.5 Å². The van der Waals surface area contributed by atoms with Gasteiger partial charge < -0.3 is 10.3 Å². The van der Waals surface area contributed by atoms with Gasteiger partial charge in [0.05, 0.1) is 16.7 Å². The largest absolute Gasteiger partial charge is 0.336 e. The van der Waals surface area contributed by atoms with Crippen molar-refractivity contribution in [3.05, 3.63) is 78.8 Å². The third-order valence-corrected chi connectivity index (χ3v) is 5.90. The molecule has 0 amide bonds. The van der Waals surface area contributed by atoms with E-state index in [1.807, 2.05) is 31.2 Å². The Morgan fingerprint density at radius 3 is 2.71 bits per heavy atom. The van der Waals surface area contributed by atoms with Gasteiger partial charge in [-0.2, -0.15) is 5.10 Å². The van der Waals surface area contributed by atoms with Crippen LogP contribution >= 0.6 is 0 Å². The maximum Gasteiger partial charge on any atom is 0.159 e. The third kappa shape index (κ3) is 3.81. The molecule has 0 bridgehead atoms. The summed E-state index contributed by atoms with van der Waals surface area (Å²) in [5.74, 6) is 0.226. The minimum atomic E-state index is -0.345. The standard InChI is InChI=1S/C26H21FN8/c1-2-28-11-15-8-17(14-30-12-15)18-9-19-22(10-20(18)27)34-35-24(19)26-32-21-5-7-31-23(25(21)33-26)16-4-3-6-29-13-16/h3-10,12-14,28H,2,11H2,1H3,(H,32,33)(H,34,35). The Morgan fingerprint density at radius 1 is 0.943 bits per heavy atom. The number of nitrogens with zero attached hydrogens (tertiary/aromatic N) is 5. The molecule has 1 aromatic carbocycles. The molecule has 5 heterocycles. The molecule has 0 aliphatic carbocycles. The van der Waals surface area contributed by atoms with Crippen molar-refractivity contribution < 1.29 is 4.39 Å². The predicted molar refractivity (Wildman–Crippen MR) is 133 cm³/mol. The van der Waals surface area contributed by atoms with Crippen molar-refractivity contribution in [2.24, 2.45) is 0 Å². The Hall–Kier alpha value is -4.50. The molecule has 8 nitrogen and oxygen atoms in total. The van der Waals surface area contributed by atoms with Gasteiger partial charge in [-0.05, 0) is 42.4 Å². The predicted octanol–water partition coefficient (Wildman–Crippen LogP) is 4.87. The van der Waals surface area contributed by atoms with E-state index < -0.39 is 0 Å². The number of aromatic amines is 2. The molecule has 0 unspecified atom stereocenters. The second kappa shape index (κ2) is 8.69. The molecule has 0 fully saturated rings. The van der Waals surface area contributed by atoms with Gasteiger partial charge in [0, 0.05) is 65.7 Å². The number of halogens is 1.